The first-order valence-electron chi connectivity index (χ1n) is 15.1. The van der Waals surface area contributed by atoms with Crippen LogP contribution in [0.1, 0.15) is 66.8 Å². The minimum atomic E-state index is -4.55. The van der Waals surface area contributed by atoms with Crippen molar-refractivity contribution in [3.8, 4) is 11.8 Å². The van der Waals surface area contributed by atoms with E-state index in [9.17, 15) is 22.8 Å². The molecule has 3 aromatic rings. The highest BCUT2D eigenvalue weighted by atomic mass is 19.4. The van der Waals surface area contributed by atoms with Crippen molar-refractivity contribution in [2.75, 3.05) is 38.2 Å². The van der Waals surface area contributed by atoms with Crippen molar-refractivity contribution in [2.45, 2.75) is 58.7 Å². The van der Waals surface area contributed by atoms with E-state index >= 15 is 0 Å². The molecule has 0 radical (unpaired) electrons. The smallest absolute Gasteiger partial charge is 0.422 e. The highest BCUT2D eigenvalue weighted by molar-refractivity contribution is 5.94. The van der Waals surface area contributed by atoms with Crippen molar-refractivity contribution in [1.82, 2.24) is 25.2 Å². The summed E-state index contributed by atoms with van der Waals surface area (Å²) in [5.74, 6) is 1.09. The largest absolute Gasteiger partial charge is 0.494 e. The standard InChI is InChI=1S/C32H39F3N6O4/c1-22(2)18-28(42)41-15-3-4-17-44-26-12-8-24(9-13-26)20-37-30-38-27(39-31(40-30)45-21-32(33,34)35)19-23-6-10-25(11-7-23)29(43)36-14-5-16-41/h6-13,22H,3-5,14-21H2,1-2H3,(H,36,43)(H,37,38,39,40). The molecule has 242 valence electrons. The molecule has 10 nitrogen and oxygen atoms in total. The molecule has 6 rings (SSSR count). The van der Waals surface area contributed by atoms with Gasteiger partial charge in [0.15, 0.2) is 6.61 Å². The van der Waals surface area contributed by atoms with Crippen molar-refractivity contribution in [1.29, 1.82) is 0 Å². The molecule has 3 aliphatic rings. The molecule has 13 heteroatoms. The Morgan fingerprint density at radius 1 is 0.956 bits per heavy atom. The molecule has 0 atom stereocenters. The lowest BCUT2D eigenvalue weighted by molar-refractivity contribution is -0.154. The molecular formula is C32H39F3N6O4. The van der Waals surface area contributed by atoms with E-state index in [1.54, 1.807) is 24.3 Å². The number of halogens is 3. The lowest BCUT2D eigenvalue weighted by atomic mass is 10.1. The van der Waals surface area contributed by atoms with Gasteiger partial charge in [0.2, 0.25) is 11.9 Å². The summed E-state index contributed by atoms with van der Waals surface area (Å²) in [6.07, 6.45) is -1.74. The highest BCUT2D eigenvalue weighted by Crippen LogP contribution is 2.19. The van der Waals surface area contributed by atoms with Gasteiger partial charge in [0, 0.05) is 44.6 Å². The molecule has 2 N–H and O–H groups in total. The van der Waals surface area contributed by atoms with Crippen molar-refractivity contribution in [3.05, 3.63) is 71.0 Å². The van der Waals surface area contributed by atoms with Crippen LogP contribution in [0.5, 0.6) is 11.8 Å². The van der Waals surface area contributed by atoms with Gasteiger partial charge in [-0.25, -0.2) is 0 Å². The Morgan fingerprint density at radius 3 is 2.38 bits per heavy atom. The molecule has 4 heterocycles. The Morgan fingerprint density at radius 2 is 1.67 bits per heavy atom. The summed E-state index contributed by atoms with van der Waals surface area (Å²) in [7, 11) is 0. The number of aromatic nitrogens is 3. The van der Waals surface area contributed by atoms with Crippen LogP contribution in [0, 0.1) is 5.92 Å². The summed E-state index contributed by atoms with van der Waals surface area (Å²) in [5, 5.41) is 5.94. The number of ether oxygens (including phenoxy) is 2. The average Bonchev–Trinajstić information content (AvgIpc) is 2.99. The van der Waals surface area contributed by atoms with E-state index in [2.05, 4.69) is 25.6 Å². The van der Waals surface area contributed by atoms with E-state index in [4.69, 9.17) is 9.47 Å². The predicted molar refractivity (Wildman–Crippen MR) is 162 cm³/mol. The van der Waals surface area contributed by atoms with Gasteiger partial charge in [-0.05, 0) is 60.6 Å². The number of alkyl halides is 3. The number of hydrogen-bond donors (Lipinski definition) is 2. The molecule has 45 heavy (non-hydrogen) atoms. The van der Waals surface area contributed by atoms with Crippen LogP contribution >= 0.6 is 0 Å². The predicted octanol–water partition coefficient (Wildman–Crippen LogP) is 5.18. The van der Waals surface area contributed by atoms with Gasteiger partial charge in [0.1, 0.15) is 11.6 Å². The zero-order chi connectivity index (χ0) is 32.2. The first-order valence-corrected chi connectivity index (χ1v) is 15.1. The Labute approximate surface area is 260 Å². The molecular weight excluding hydrogens is 589 g/mol. The molecule has 0 unspecified atom stereocenters. The summed E-state index contributed by atoms with van der Waals surface area (Å²) >= 11 is 0. The summed E-state index contributed by atoms with van der Waals surface area (Å²) in [5.41, 5.74) is 2.07. The van der Waals surface area contributed by atoms with Gasteiger partial charge in [-0.2, -0.15) is 28.1 Å². The van der Waals surface area contributed by atoms with E-state index in [1.807, 2.05) is 43.0 Å². The summed E-state index contributed by atoms with van der Waals surface area (Å²) in [4.78, 5) is 39.9. The molecule has 0 spiro atoms. The number of hydrogen-bond acceptors (Lipinski definition) is 8. The van der Waals surface area contributed by atoms with E-state index in [1.165, 1.54) is 0 Å². The zero-order valence-corrected chi connectivity index (χ0v) is 25.5. The number of rotatable bonds is 4. The summed E-state index contributed by atoms with van der Waals surface area (Å²) in [6, 6.07) is 13.8. The maximum atomic E-state index is 12.8. The van der Waals surface area contributed by atoms with Gasteiger partial charge in [-0.1, -0.05) is 38.1 Å². The second kappa shape index (κ2) is 16.1. The summed E-state index contributed by atoms with van der Waals surface area (Å²) < 4.78 is 49.1. The fourth-order valence-electron chi connectivity index (χ4n) is 4.62. The van der Waals surface area contributed by atoms with Gasteiger partial charge in [0.05, 0.1) is 6.61 Å². The van der Waals surface area contributed by atoms with Gasteiger partial charge in [-0.15, -0.1) is 0 Å². The van der Waals surface area contributed by atoms with Crippen molar-refractivity contribution >= 4 is 17.8 Å². The maximum absolute atomic E-state index is 12.8. The second-order valence-electron chi connectivity index (χ2n) is 11.3. The van der Waals surface area contributed by atoms with Gasteiger partial charge in [0.25, 0.3) is 5.91 Å². The fraction of sp³-hybridized carbons (Fsp3) is 0.469. The zero-order valence-electron chi connectivity index (χ0n) is 25.5. The Bertz CT molecular complexity index is 1400. The normalized spacial score (nSPS) is 15.4. The number of anilines is 1. The van der Waals surface area contributed by atoms with Crippen LogP contribution < -0.4 is 20.1 Å². The summed E-state index contributed by atoms with van der Waals surface area (Å²) in [6.45, 7) is 4.87. The second-order valence-corrected chi connectivity index (χ2v) is 11.3. The third-order valence-electron chi connectivity index (χ3n) is 6.90. The number of fused-ring (bicyclic) bond motifs is 2. The lowest BCUT2D eigenvalue weighted by Gasteiger charge is -2.24. The van der Waals surface area contributed by atoms with Gasteiger partial charge < -0.3 is 25.0 Å². The number of nitrogens with one attached hydrogen (secondary N) is 2. The van der Waals surface area contributed by atoms with Crippen LogP contribution in [0.3, 0.4) is 0 Å². The first-order chi connectivity index (χ1) is 21.5. The number of nitrogens with zero attached hydrogens (tertiary/aromatic N) is 4. The van der Waals surface area contributed by atoms with E-state index in [-0.39, 0.29) is 35.9 Å². The topological polar surface area (TPSA) is 119 Å². The van der Waals surface area contributed by atoms with Crippen LogP contribution in [0.25, 0.3) is 0 Å². The van der Waals surface area contributed by atoms with Crippen molar-refractivity contribution in [2.24, 2.45) is 5.92 Å². The number of benzene rings is 2. The van der Waals surface area contributed by atoms with Crippen LogP contribution in [-0.2, 0) is 17.8 Å². The van der Waals surface area contributed by atoms with Crippen LogP contribution in [0.15, 0.2) is 48.5 Å². The lowest BCUT2D eigenvalue weighted by Crippen LogP contribution is -2.35. The molecule has 0 saturated carbocycles. The first kappa shape index (κ1) is 33.5. The average molecular weight is 629 g/mol. The molecule has 2 amide bonds. The Kier molecular flexibility index (Phi) is 11.9. The SMILES string of the molecule is CC(C)CC(=O)N1CCCCOc2ccc(cc2)CNc2nc(nc(OCC(F)(F)F)n2)Cc2ccc(cc2)C(=O)NCCC1. The van der Waals surface area contributed by atoms with E-state index in [0.29, 0.717) is 56.9 Å². The fourth-order valence-corrected chi connectivity index (χ4v) is 4.62. The van der Waals surface area contributed by atoms with Gasteiger partial charge >= 0.3 is 12.2 Å². The monoisotopic (exact) mass is 628 g/mol. The van der Waals surface area contributed by atoms with E-state index < -0.39 is 18.8 Å². The van der Waals surface area contributed by atoms with Crippen LogP contribution in [-0.4, -0.2) is 70.7 Å². The molecule has 1 aromatic heterocycles. The number of carbonyl (C=O) groups is 2. The molecule has 0 fully saturated rings. The third kappa shape index (κ3) is 11.5. The Hall–Kier alpha value is -4.42. The molecule has 6 bridgehead atoms. The molecule has 2 aromatic carbocycles. The van der Waals surface area contributed by atoms with Crippen LogP contribution in [0.4, 0.5) is 19.1 Å². The van der Waals surface area contributed by atoms with Crippen molar-refractivity contribution in [3.63, 3.8) is 0 Å². The molecule has 3 aliphatic heterocycles. The van der Waals surface area contributed by atoms with E-state index in [0.717, 1.165) is 24.0 Å². The molecule has 0 saturated heterocycles. The highest BCUT2D eigenvalue weighted by Gasteiger charge is 2.29. The maximum Gasteiger partial charge on any atom is 0.422 e. The molecule has 0 aliphatic carbocycles. The Balaban J connectivity index is 1.51. The van der Waals surface area contributed by atoms with Crippen LogP contribution in [0.2, 0.25) is 0 Å². The minimum Gasteiger partial charge on any atom is -0.494 e. The van der Waals surface area contributed by atoms with Gasteiger partial charge in [-0.3, -0.25) is 9.59 Å². The third-order valence-corrected chi connectivity index (χ3v) is 6.90. The number of amides is 2. The minimum absolute atomic E-state index is 0.0694. The van der Waals surface area contributed by atoms with Crippen molar-refractivity contribution < 1.29 is 32.2 Å². The number of carbonyl (C=O) groups excluding carboxylic acids is 2. The quantitative estimate of drug-likeness (QED) is 0.406.